The molecule has 34 heavy (non-hydrogen) atoms. The van der Waals surface area contributed by atoms with Gasteiger partial charge in [0, 0.05) is 37.0 Å². The third-order valence-corrected chi connectivity index (χ3v) is 5.92. The van der Waals surface area contributed by atoms with Gasteiger partial charge in [-0.05, 0) is 60.9 Å². The molecule has 1 fully saturated rings. The van der Waals surface area contributed by atoms with Crippen molar-refractivity contribution in [2.45, 2.75) is 25.4 Å². The average Bonchev–Trinajstić information content (AvgIpc) is 3.33. The molecule has 4 rings (SSSR count). The molecule has 1 aliphatic heterocycles. The van der Waals surface area contributed by atoms with Crippen molar-refractivity contribution in [1.29, 1.82) is 10.5 Å². The first-order valence-electron chi connectivity index (χ1n) is 11.2. The molecule has 3 aromatic rings. The lowest BCUT2D eigenvalue weighted by Gasteiger charge is -2.29. The highest BCUT2D eigenvalue weighted by atomic mass is 16.5. The van der Waals surface area contributed by atoms with E-state index in [2.05, 4.69) is 27.3 Å². The second kappa shape index (κ2) is 10.6. The standard InChI is InChI=1S/C27H25N5O2/c1-2-34-25-12-11-23(17-30-25)26(21-7-3-19(15-28)4-8-21)32-14-13-24(18-32)31-27(33)22-9-5-20(16-29)6-10-22/h3-12,17,24,26H,2,13-14,18H2,1H3,(H,31,33)/t24?,26-/m1/s1. The third-order valence-electron chi connectivity index (χ3n) is 5.92. The number of nitrogens with one attached hydrogen (secondary N) is 1. The zero-order valence-corrected chi connectivity index (χ0v) is 18.9. The first-order valence-corrected chi connectivity index (χ1v) is 11.2. The summed E-state index contributed by atoms with van der Waals surface area (Å²) >= 11 is 0. The largest absolute Gasteiger partial charge is 0.478 e. The molecule has 1 unspecified atom stereocenters. The highest BCUT2D eigenvalue weighted by molar-refractivity contribution is 5.94. The summed E-state index contributed by atoms with van der Waals surface area (Å²) in [5, 5.41) is 21.3. The molecule has 2 aromatic carbocycles. The topological polar surface area (TPSA) is 102 Å². The van der Waals surface area contributed by atoms with E-state index >= 15 is 0 Å². The van der Waals surface area contributed by atoms with Crippen LogP contribution in [0, 0.1) is 22.7 Å². The Labute approximate surface area is 199 Å². The molecular formula is C27H25N5O2. The number of carbonyl (C=O) groups is 1. The molecular weight excluding hydrogens is 426 g/mol. The quantitative estimate of drug-likeness (QED) is 0.586. The molecule has 1 aromatic heterocycles. The molecule has 0 aliphatic carbocycles. The summed E-state index contributed by atoms with van der Waals surface area (Å²) in [5.74, 6) is 0.438. The lowest BCUT2D eigenvalue weighted by Crippen LogP contribution is -2.38. The molecule has 170 valence electrons. The number of nitriles is 2. The number of aromatic nitrogens is 1. The predicted octanol–water partition coefficient (Wildman–Crippen LogP) is 3.82. The lowest BCUT2D eigenvalue weighted by atomic mass is 9.97. The number of amides is 1. The summed E-state index contributed by atoms with van der Waals surface area (Å²) in [7, 11) is 0. The summed E-state index contributed by atoms with van der Waals surface area (Å²) in [6.45, 7) is 3.96. The maximum atomic E-state index is 12.7. The minimum absolute atomic E-state index is 0.000294. The maximum Gasteiger partial charge on any atom is 0.251 e. The first kappa shape index (κ1) is 23.0. The molecule has 1 N–H and O–H groups in total. The molecule has 1 saturated heterocycles. The van der Waals surface area contributed by atoms with Crippen LogP contribution in [0.5, 0.6) is 5.88 Å². The van der Waals surface area contributed by atoms with E-state index in [0.29, 0.717) is 35.7 Å². The van der Waals surface area contributed by atoms with Gasteiger partial charge in [0.1, 0.15) is 0 Å². The van der Waals surface area contributed by atoms with E-state index < -0.39 is 0 Å². The van der Waals surface area contributed by atoms with Crippen molar-refractivity contribution in [2.24, 2.45) is 0 Å². The van der Waals surface area contributed by atoms with Crippen LogP contribution in [0.4, 0.5) is 0 Å². The van der Waals surface area contributed by atoms with Gasteiger partial charge in [0.2, 0.25) is 5.88 Å². The summed E-state index contributed by atoms with van der Waals surface area (Å²) < 4.78 is 5.49. The monoisotopic (exact) mass is 451 g/mol. The number of likely N-dealkylation sites (tertiary alicyclic amines) is 1. The number of carbonyl (C=O) groups excluding carboxylic acids is 1. The molecule has 0 radical (unpaired) electrons. The molecule has 0 bridgehead atoms. The Balaban J connectivity index is 1.52. The van der Waals surface area contributed by atoms with Crippen molar-refractivity contribution in [2.75, 3.05) is 19.7 Å². The fourth-order valence-electron chi connectivity index (χ4n) is 4.25. The van der Waals surface area contributed by atoms with Crippen LogP contribution < -0.4 is 10.1 Å². The molecule has 1 aliphatic rings. The Bertz CT molecular complexity index is 1210. The Morgan fingerprint density at radius 1 is 1.06 bits per heavy atom. The van der Waals surface area contributed by atoms with Gasteiger partial charge in [-0.15, -0.1) is 0 Å². The van der Waals surface area contributed by atoms with Crippen molar-refractivity contribution in [3.8, 4) is 18.0 Å². The fourth-order valence-corrected chi connectivity index (χ4v) is 4.25. The van der Waals surface area contributed by atoms with E-state index in [4.69, 9.17) is 10.00 Å². The van der Waals surface area contributed by atoms with E-state index in [1.165, 1.54) is 0 Å². The highest BCUT2D eigenvalue weighted by Crippen LogP contribution is 2.32. The van der Waals surface area contributed by atoms with Gasteiger partial charge < -0.3 is 10.1 Å². The summed E-state index contributed by atoms with van der Waals surface area (Å²) in [4.78, 5) is 19.5. The van der Waals surface area contributed by atoms with Gasteiger partial charge in [-0.2, -0.15) is 10.5 Å². The molecule has 7 heteroatoms. The Hall–Kier alpha value is -4.20. The normalized spacial score (nSPS) is 16.3. The van der Waals surface area contributed by atoms with Crippen LogP contribution in [-0.4, -0.2) is 41.5 Å². The van der Waals surface area contributed by atoms with Crippen molar-refractivity contribution in [3.63, 3.8) is 0 Å². The van der Waals surface area contributed by atoms with Gasteiger partial charge in [0.15, 0.2) is 0 Å². The number of pyridine rings is 1. The number of rotatable bonds is 7. The van der Waals surface area contributed by atoms with Crippen LogP contribution in [0.3, 0.4) is 0 Å². The second-order valence-corrected chi connectivity index (χ2v) is 8.14. The summed E-state index contributed by atoms with van der Waals surface area (Å²) in [5.41, 5.74) is 3.76. The van der Waals surface area contributed by atoms with Crippen LogP contribution in [-0.2, 0) is 0 Å². The Morgan fingerprint density at radius 2 is 1.71 bits per heavy atom. The van der Waals surface area contributed by atoms with Crippen LogP contribution >= 0.6 is 0 Å². The number of nitrogens with zero attached hydrogens (tertiary/aromatic N) is 4. The van der Waals surface area contributed by atoms with E-state index in [0.717, 1.165) is 24.1 Å². The van der Waals surface area contributed by atoms with Crippen molar-refractivity contribution < 1.29 is 9.53 Å². The smallest absolute Gasteiger partial charge is 0.251 e. The van der Waals surface area contributed by atoms with E-state index in [1.807, 2.05) is 49.5 Å². The first-order chi connectivity index (χ1) is 16.6. The SMILES string of the molecule is CCOc1ccc([C@@H](c2ccc(C#N)cc2)N2CCC(NC(=O)c3ccc(C#N)cc3)C2)cn1. The van der Waals surface area contributed by atoms with Gasteiger partial charge in [-0.3, -0.25) is 9.69 Å². The zero-order chi connectivity index (χ0) is 23.9. The van der Waals surface area contributed by atoms with Crippen molar-refractivity contribution in [1.82, 2.24) is 15.2 Å². The molecule has 2 atom stereocenters. The van der Waals surface area contributed by atoms with Gasteiger partial charge >= 0.3 is 0 Å². The summed E-state index contributed by atoms with van der Waals surface area (Å²) in [6.07, 6.45) is 2.65. The zero-order valence-electron chi connectivity index (χ0n) is 18.9. The van der Waals surface area contributed by atoms with Gasteiger partial charge in [0.05, 0.1) is 35.9 Å². The van der Waals surface area contributed by atoms with E-state index in [1.54, 1.807) is 24.3 Å². The van der Waals surface area contributed by atoms with Crippen molar-refractivity contribution >= 4 is 5.91 Å². The molecule has 7 nitrogen and oxygen atoms in total. The van der Waals surface area contributed by atoms with Crippen LogP contribution in [0.15, 0.2) is 66.9 Å². The second-order valence-electron chi connectivity index (χ2n) is 8.14. The predicted molar refractivity (Wildman–Crippen MR) is 127 cm³/mol. The molecule has 1 amide bonds. The van der Waals surface area contributed by atoms with Gasteiger partial charge in [-0.25, -0.2) is 4.98 Å². The van der Waals surface area contributed by atoms with Crippen LogP contribution in [0.2, 0.25) is 0 Å². The van der Waals surface area contributed by atoms with Crippen LogP contribution in [0.25, 0.3) is 0 Å². The Kier molecular flexibility index (Phi) is 7.17. The molecule has 0 spiro atoms. The van der Waals surface area contributed by atoms with Crippen molar-refractivity contribution in [3.05, 3.63) is 94.7 Å². The van der Waals surface area contributed by atoms with E-state index in [-0.39, 0.29) is 18.0 Å². The maximum absolute atomic E-state index is 12.7. The molecule has 2 heterocycles. The fraction of sp³-hybridized carbons (Fsp3) is 0.259. The minimum atomic E-state index is -0.144. The Morgan fingerprint density at radius 3 is 2.29 bits per heavy atom. The van der Waals surface area contributed by atoms with Crippen LogP contribution in [0.1, 0.15) is 52.0 Å². The number of benzene rings is 2. The minimum Gasteiger partial charge on any atom is -0.478 e. The van der Waals surface area contributed by atoms with Gasteiger partial charge in [0.25, 0.3) is 5.91 Å². The number of ether oxygens (including phenoxy) is 1. The van der Waals surface area contributed by atoms with E-state index in [9.17, 15) is 10.1 Å². The van der Waals surface area contributed by atoms with Gasteiger partial charge in [-0.1, -0.05) is 18.2 Å². The average molecular weight is 452 g/mol. The lowest BCUT2D eigenvalue weighted by molar-refractivity contribution is 0.0937. The highest BCUT2D eigenvalue weighted by Gasteiger charge is 2.31. The number of hydrogen-bond acceptors (Lipinski definition) is 6. The summed E-state index contributed by atoms with van der Waals surface area (Å²) in [6, 6.07) is 22.3. The third kappa shape index (κ3) is 5.23. The molecule has 0 saturated carbocycles. The number of hydrogen-bond donors (Lipinski definition) is 1.